The fourth-order valence-corrected chi connectivity index (χ4v) is 1.97. The van der Waals surface area contributed by atoms with Crippen LogP contribution in [-0.2, 0) is 16.0 Å². The molecule has 0 aliphatic heterocycles. The van der Waals surface area contributed by atoms with Crippen LogP contribution < -0.4 is 5.32 Å². The maximum absolute atomic E-state index is 11.9. The van der Waals surface area contributed by atoms with Crippen LogP contribution in [0.1, 0.15) is 37.0 Å². The van der Waals surface area contributed by atoms with Gasteiger partial charge in [0.25, 0.3) is 0 Å². The highest BCUT2D eigenvalue weighted by atomic mass is 16.4. The second kappa shape index (κ2) is 6.55. The third-order valence-corrected chi connectivity index (χ3v) is 3.63. The highest BCUT2D eigenvalue weighted by molar-refractivity contribution is 5.79. The highest BCUT2D eigenvalue weighted by Gasteiger charge is 2.26. The molecule has 0 heterocycles. The monoisotopic (exact) mass is 277 g/mol. The van der Waals surface area contributed by atoms with Crippen LogP contribution in [0.25, 0.3) is 0 Å². The molecule has 1 aromatic rings. The lowest BCUT2D eigenvalue weighted by atomic mass is 9.89. The summed E-state index contributed by atoms with van der Waals surface area (Å²) in [5.41, 5.74) is 2.44. The number of hydrogen-bond acceptors (Lipinski definition) is 2. The Morgan fingerprint density at radius 1 is 1.20 bits per heavy atom. The number of benzene rings is 1. The van der Waals surface area contributed by atoms with E-state index >= 15 is 0 Å². The van der Waals surface area contributed by atoms with Gasteiger partial charge >= 0.3 is 5.97 Å². The van der Waals surface area contributed by atoms with E-state index in [1.54, 1.807) is 13.8 Å². The fourth-order valence-electron chi connectivity index (χ4n) is 1.97. The van der Waals surface area contributed by atoms with Gasteiger partial charge in [-0.1, -0.05) is 18.2 Å². The van der Waals surface area contributed by atoms with Gasteiger partial charge in [-0.15, -0.1) is 0 Å². The molecular formula is C16H23NO3. The molecule has 0 radical (unpaired) electrons. The molecule has 4 nitrogen and oxygen atoms in total. The number of nitrogens with one attached hydrogen (secondary N) is 1. The smallest absolute Gasteiger partial charge is 0.309 e. The van der Waals surface area contributed by atoms with Crippen molar-refractivity contribution in [3.8, 4) is 0 Å². The van der Waals surface area contributed by atoms with Gasteiger partial charge in [0.15, 0.2) is 0 Å². The van der Waals surface area contributed by atoms with Crippen LogP contribution >= 0.6 is 0 Å². The summed E-state index contributed by atoms with van der Waals surface area (Å²) in [6.07, 6.45) is 0.757. The molecular weight excluding hydrogens is 254 g/mol. The number of aryl methyl sites for hydroxylation is 2. The molecule has 0 saturated heterocycles. The number of carboxylic acid groups (broad SMARTS) is 1. The van der Waals surface area contributed by atoms with Crippen molar-refractivity contribution in [2.24, 2.45) is 5.41 Å². The molecule has 20 heavy (non-hydrogen) atoms. The summed E-state index contributed by atoms with van der Waals surface area (Å²) in [6, 6.07) is 5.95. The van der Waals surface area contributed by atoms with E-state index in [4.69, 9.17) is 5.11 Å². The largest absolute Gasteiger partial charge is 0.481 e. The molecule has 110 valence electrons. The number of carbonyl (C=O) groups excluding carboxylic acids is 1. The third kappa shape index (κ3) is 4.37. The molecule has 1 amide bonds. The van der Waals surface area contributed by atoms with Gasteiger partial charge in [-0.25, -0.2) is 0 Å². The van der Waals surface area contributed by atoms with Crippen LogP contribution in [-0.4, -0.2) is 23.5 Å². The van der Waals surface area contributed by atoms with Crippen molar-refractivity contribution in [3.63, 3.8) is 0 Å². The lowest BCUT2D eigenvalue weighted by molar-refractivity contribution is -0.147. The third-order valence-electron chi connectivity index (χ3n) is 3.63. The standard InChI is InChI=1S/C16H23NO3/c1-11-6-5-7-12(2)13(11)10-14(18)17-9-8-16(3,4)15(19)20/h5-7H,8-10H2,1-4H3,(H,17,18)(H,19,20). The van der Waals surface area contributed by atoms with Gasteiger partial charge in [0.05, 0.1) is 11.8 Å². The van der Waals surface area contributed by atoms with Crippen molar-refractivity contribution >= 4 is 11.9 Å². The van der Waals surface area contributed by atoms with E-state index in [0.29, 0.717) is 19.4 Å². The molecule has 2 N–H and O–H groups in total. The van der Waals surface area contributed by atoms with Crippen LogP contribution in [0, 0.1) is 19.3 Å². The number of amides is 1. The van der Waals surface area contributed by atoms with E-state index in [2.05, 4.69) is 5.32 Å². The van der Waals surface area contributed by atoms with Gasteiger partial charge in [0, 0.05) is 6.54 Å². The summed E-state index contributed by atoms with van der Waals surface area (Å²) in [5, 5.41) is 11.8. The summed E-state index contributed by atoms with van der Waals surface area (Å²) < 4.78 is 0. The number of aliphatic carboxylic acids is 1. The Morgan fingerprint density at radius 3 is 2.25 bits per heavy atom. The SMILES string of the molecule is Cc1cccc(C)c1CC(=O)NCCC(C)(C)C(=O)O. The average Bonchev–Trinajstić information content (AvgIpc) is 2.33. The maximum Gasteiger partial charge on any atom is 0.309 e. The first-order chi connectivity index (χ1) is 9.24. The first-order valence-corrected chi connectivity index (χ1v) is 6.79. The molecule has 0 aliphatic rings. The summed E-state index contributed by atoms with van der Waals surface area (Å²) in [6.45, 7) is 7.68. The molecule has 0 spiro atoms. The van der Waals surface area contributed by atoms with Gasteiger partial charge < -0.3 is 10.4 Å². The topological polar surface area (TPSA) is 66.4 Å². The van der Waals surface area contributed by atoms with Gasteiger partial charge in [0.2, 0.25) is 5.91 Å². The van der Waals surface area contributed by atoms with Gasteiger partial charge in [-0.05, 0) is 50.8 Å². The van der Waals surface area contributed by atoms with E-state index in [-0.39, 0.29) is 5.91 Å². The van der Waals surface area contributed by atoms with Crippen molar-refractivity contribution in [2.75, 3.05) is 6.54 Å². The summed E-state index contributed by atoms with van der Waals surface area (Å²) in [7, 11) is 0. The van der Waals surface area contributed by atoms with Crippen molar-refractivity contribution in [3.05, 3.63) is 34.9 Å². The molecule has 0 fully saturated rings. The summed E-state index contributed by atoms with van der Waals surface area (Å²) in [4.78, 5) is 22.9. The Labute approximate surface area is 120 Å². The number of carbonyl (C=O) groups is 2. The number of rotatable bonds is 6. The minimum Gasteiger partial charge on any atom is -0.481 e. The molecule has 0 aliphatic carbocycles. The van der Waals surface area contributed by atoms with Crippen LogP contribution in [0.15, 0.2) is 18.2 Å². The van der Waals surface area contributed by atoms with Crippen LogP contribution in [0.4, 0.5) is 0 Å². The normalized spacial score (nSPS) is 11.2. The van der Waals surface area contributed by atoms with Crippen LogP contribution in [0.2, 0.25) is 0 Å². The predicted molar refractivity (Wildman–Crippen MR) is 78.7 cm³/mol. The molecule has 1 rings (SSSR count). The minimum absolute atomic E-state index is 0.0661. The second-order valence-electron chi connectivity index (χ2n) is 5.84. The van der Waals surface area contributed by atoms with E-state index in [1.165, 1.54) is 0 Å². The summed E-state index contributed by atoms with van der Waals surface area (Å²) in [5.74, 6) is -0.912. The van der Waals surface area contributed by atoms with E-state index in [0.717, 1.165) is 16.7 Å². The lowest BCUT2D eigenvalue weighted by Gasteiger charge is -2.19. The van der Waals surface area contributed by atoms with Crippen molar-refractivity contribution in [1.29, 1.82) is 0 Å². The van der Waals surface area contributed by atoms with Gasteiger partial charge in [0.1, 0.15) is 0 Å². The zero-order valence-corrected chi connectivity index (χ0v) is 12.6. The molecule has 0 unspecified atom stereocenters. The van der Waals surface area contributed by atoms with Crippen molar-refractivity contribution in [1.82, 2.24) is 5.32 Å². The van der Waals surface area contributed by atoms with E-state index < -0.39 is 11.4 Å². The van der Waals surface area contributed by atoms with E-state index in [9.17, 15) is 9.59 Å². The molecule has 0 aromatic heterocycles. The first kappa shape index (κ1) is 16.2. The predicted octanol–water partition coefficient (Wildman–Crippen LogP) is 2.46. The molecule has 0 bridgehead atoms. The summed E-state index contributed by atoms with van der Waals surface area (Å²) >= 11 is 0. The maximum atomic E-state index is 11.9. The van der Waals surface area contributed by atoms with Crippen LogP contribution in [0.3, 0.4) is 0 Å². The second-order valence-corrected chi connectivity index (χ2v) is 5.84. The van der Waals surface area contributed by atoms with Gasteiger partial charge in [-0.3, -0.25) is 9.59 Å². The Morgan fingerprint density at radius 2 is 1.75 bits per heavy atom. The zero-order chi connectivity index (χ0) is 15.3. The minimum atomic E-state index is -0.846. The Hall–Kier alpha value is -1.84. The van der Waals surface area contributed by atoms with Gasteiger partial charge in [-0.2, -0.15) is 0 Å². The zero-order valence-electron chi connectivity index (χ0n) is 12.6. The molecule has 0 saturated carbocycles. The van der Waals surface area contributed by atoms with Crippen molar-refractivity contribution in [2.45, 2.75) is 40.5 Å². The average molecular weight is 277 g/mol. The quantitative estimate of drug-likeness (QED) is 0.839. The molecule has 0 atom stereocenters. The molecule has 1 aromatic carbocycles. The van der Waals surface area contributed by atoms with Crippen molar-refractivity contribution < 1.29 is 14.7 Å². The number of hydrogen-bond donors (Lipinski definition) is 2. The van der Waals surface area contributed by atoms with E-state index in [1.807, 2.05) is 32.0 Å². The highest BCUT2D eigenvalue weighted by Crippen LogP contribution is 2.19. The fraction of sp³-hybridized carbons (Fsp3) is 0.500. The Kier molecular flexibility index (Phi) is 5.31. The molecule has 4 heteroatoms. The Bertz CT molecular complexity index is 486. The van der Waals surface area contributed by atoms with Crippen LogP contribution in [0.5, 0.6) is 0 Å². The lowest BCUT2D eigenvalue weighted by Crippen LogP contribution is -2.32. The first-order valence-electron chi connectivity index (χ1n) is 6.79. The number of carboxylic acids is 1. The Balaban J connectivity index is 2.51.